The number of carbonyl (C=O) groups is 2. The Labute approximate surface area is 120 Å². The molecule has 0 heterocycles. The van der Waals surface area contributed by atoms with Crippen molar-refractivity contribution in [2.75, 3.05) is 13.2 Å². The number of hydrogen-bond acceptors (Lipinski definition) is 8. The summed E-state index contributed by atoms with van der Waals surface area (Å²) in [5, 5.41) is 57.5. The van der Waals surface area contributed by atoms with Crippen LogP contribution in [0.5, 0.6) is 0 Å². The average molecular weight is 310 g/mol. The van der Waals surface area contributed by atoms with Crippen LogP contribution >= 0.6 is 0 Å². The number of hydrogen-bond donors (Lipinski definition) is 8. The molecule has 9 N–H and O–H groups in total. The summed E-state index contributed by atoms with van der Waals surface area (Å²) in [4.78, 5) is 21.5. The van der Waals surface area contributed by atoms with E-state index in [-0.39, 0.29) is 12.8 Å². The summed E-state index contributed by atoms with van der Waals surface area (Å²) in [6.45, 7) is -1.22. The van der Waals surface area contributed by atoms with Gasteiger partial charge in [-0.1, -0.05) is 0 Å². The van der Waals surface area contributed by atoms with Crippen LogP contribution in [-0.4, -0.2) is 86.1 Å². The van der Waals surface area contributed by atoms with Gasteiger partial charge < -0.3 is 41.7 Å². The van der Waals surface area contributed by atoms with Crippen LogP contribution in [0.25, 0.3) is 0 Å². The summed E-state index contributed by atoms with van der Waals surface area (Å²) in [6.07, 6.45) is -7.08. The molecule has 1 amide bonds. The molecular formula is C11H22N2O8. The van der Waals surface area contributed by atoms with Crippen molar-refractivity contribution in [3.8, 4) is 0 Å². The third kappa shape index (κ3) is 7.32. The first-order valence-corrected chi connectivity index (χ1v) is 6.28. The lowest BCUT2D eigenvalue weighted by Crippen LogP contribution is -2.51. The van der Waals surface area contributed by atoms with Crippen LogP contribution in [0.15, 0.2) is 0 Å². The van der Waals surface area contributed by atoms with E-state index in [1.165, 1.54) is 0 Å². The van der Waals surface area contributed by atoms with Gasteiger partial charge in [-0.3, -0.25) is 9.59 Å². The number of rotatable bonds is 11. The summed E-state index contributed by atoms with van der Waals surface area (Å²) in [5.41, 5.74) is 4.90. The lowest BCUT2D eigenvalue weighted by atomic mass is 10.0. The first kappa shape index (κ1) is 19.7. The normalized spacial score (nSPS) is 18.5. The zero-order chi connectivity index (χ0) is 16.6. The standard InChI is InChI=1S/C11H22N2O8/c12-8(17)2-1-5(11(20)21)13-3-6(15)9(18)10(19)7(16)4-14/h5-7,9-10,13-16,18-19H,1-4H2,(H2,12,17)(H,20,21)/t5-,6-,7+,9+,10-/m0/s1. The van der Waals surface area contributed by atoms with Crippen LogP contribution in [-0.2, 0) is 9.59 Å². The highest BCUT2D eigenvalue weighted by molar-refractivity contribution is 5.77. The maximum Gasteiger partial charge on any atom is 0.320 e. The second kappa shape index (κ2) is 9.60. The maximum atomic E-state index is 10.9. The predicted octanol–water partition coefficient (Wildman–Crippen LogP) is -4.27. The number of nitrogens with two attached hydrogens (primary N) is 1. The van der Waals surface area contributed by atoms with E-state index in [0.717, 1.165) is 0 Å². The number of carboxylic acids is 1. The number of primary amides is 1. The summed E-state index contributed by atoms with van der Waals surface area (Å²) in [6, 6.07) is -1.17. The van der Waals surface area contributed by atoms with Crippen molar-refractivity contribution in [1.82, 2.24) is 5.32 Å². The van der Waals surface area contributed by atoms with Crippen LogP contribution in [0.1, 0.15) is 12.8 Å². The second-order valence-electron chi connectivity index (χ2n) is 4.60. The number of carboxylic acid groups (broad SMARTS) is 1. The summed E-state index contributed by atoms with van der Waals surface area (Å²) in [7, 11) is 0. The molecule has 0 aliphatic carbocycles. The molecule has 10 nitrogen and oxygen atoms in total. The van der Waals surface area contributed by atoms with Crippen molar-refractivity contribution < 1.29 is 40.2 Å². The molecule has 0 unspecified atom stereocenters. The van der Waals surface area contributed by atoms with Gasteiger partial charge in [0, 0.05) is 13.0 Å². The molecule has 0 saturated heterocycles. The Balaban J connectivity index is 4.38. The average Bonchev–Trinajstić information content (AvgIpc) is 2.43. The zero-order valence-electron chi connectivity index (χ0n) is 11.3. The predicted molar refractivity (Wildman–Crippen MR) is 69.0 cm³/mol. The lowest BCUT2D eigenvalue weighted by Gasteiger charge is -2.26. The Hall–Kier alpha value is -1.30. The molecule has 0 fully saturated rings. The van der Waals surface area contributed by atoms with Crippen molar-refractivity contribution in [2.45, 2.75) is 43.3 Å². The summed E-state index contributed by atoms with van der Waals surface area (Å²) in [5.74, 6) is -1.95. The molecule has 0 aromatic heterocycles. The maximum absolute atomic E-state index is 10.9. The number of carbonyl (C=O) groups excluding carboxylic acids is 1. The van der Waals surface area contributed by atoms with Gasteiger partial charge in [0.15, 0.2) is 0 Å². The summed E-state index contributed by atoms with van der Waals surface area (Å²) < 4.78 is 0. The van der Waals surface area contributed by atoms with Gasteiger partial charge in [-0.25, -0.2) is 0 Å². The van der Waals surface area contributed by atoms with Crippen LogP contribution < -0.4 is 11.1 Å². The van der Waals surface area contributed by atoms with Gasteiger partial charge in [0.25, 0.3) is 0 Å². The molecule has 0 aromatic rings. The Morgan fingerprint density at radius 1 is 1.05 bits per heavy atom. The van der Waals surface area contributed by atoms with Crippen LogP contribution in [0.3, 0.4) is 0 Å². The molecule has 0 spiro atoms. The molecule has 21 heavy (non-hydrogen) atoms. The second-order valence-corrected chi connectivity index (χ2v) is 4.60. The van der Waals surface area contributed by atoms with E-state index in [9.17, 15) is 24.9 Å². The fourth-order valence-electron chi connectivity index (χ4n) is 1.55. The first-order chi connectivity index (χ1) is 9.70. The highest BCUT2D eigenvalue weighted by atomic mass is 16.4. The Kier molecular flexibility index (Phi) is 9.01. The van der Waals surface area contributed by atoms with E-state index in [0.29, 0.717) is 0 Å². The minimum Gasteiger partial charge on any atom is -0.480 e. The minimum atomic E-state index is -1.79. The molecular weight excluding hydrogens is 288 g/mol. The number of nitrogens with one attached hydrogen (secondary N) is 1. The SMILES string of the molecule is NC(=O)CC[C@H](NC[C@H](O)[C@@H](O)[C@@H](O)[C@H](O)CO)C(=O)O. The molecule has 0 aliphatic rings. The number of aliphatic hydroxyl groups is 5. The van der Waals surface area contributed by atoms with E-state index in [2.05, 4.69) is 5.32 Å². The van der Waals surface area contributed by atoms with Crippen LogP contribution in [0.2, 0.25) is 0 Å². The van der Waals surface area contributed by atoms with Gasteiger partial charge in [0.05, 0.1) is 12.7 Å². The highest BCUT2D eigenvalue weighted by Gasteiger charge is 2.30. The minimum absolute atomic E-state index is 0.102. The molecule has 0 rings (SSSR count). The van der Waals surface area contributed by atoms with Gasteiger partial charge in [0.2, 0.25) is 5.91 Å². The van der Waals surface area contributed by atoms with Crippen LogP contribution in [0, 0.1) is 0 Å². The van der Waals surface area contributed by atoms with E-state index in [1.54, 1.807) is 0 Å². The molecule has 0 aromatic carbocycles. The first-order valence-electron chi connectivity index (χ1n) is 6.28. The van der Waals surface area contributed by atoms with E-state index in [1.807, 2.05) is 0 Å². The topological polar surface area (TPSA) is 194 Å². The third-order valence-corrected chi connectivity index (χ3v) is 2.88. The zero-order valence-corrected chi connectivity index (χ0v) is 11.3. The van der Waals surface area contributed by atoms with Gasteiger partial charge in [0.1, 0.15) is 24.4 Å². The van der Waals surface area contributed by atoms with Gasteiger partial charge in [-0.05, 0) is 6.42 Å². The van der Waals surface area contributed by atoms with Crippen molar-refractivity contribution in [1.29, 1.82) is 0 Å². The molecule has 0 bridgehead atoms. The van der Waals surface area contributed by atoms with Gasteiger partial charge >= 0.3 is 5.97 Å². The Morgan fingerprint density at radius 2 is 1.57 bits per heavy atom. The quantitative estimate of drug-likeness (QED) is 0.186. The Morgan fingerprint density at radius 3 is 2.00 bits per heavy atom. The molecule has 124 valence electrons. The smallest absolute Gasteiger partial charge is 0.320 e. The van der Waals surface area contributed by atoms with Crippen molar-refractivity contribution in [3.05, 3.63) is 0 Å². The molecule has 5 atom stereocenters. The monoisotopic (exact) mass is 310 g/mol. The number of aliphatic hydroxyl groups excluding tert-OH is 5. The largest absolute Gasteiger partial charge is 0.480 e. The van der Waals surface area contributed by atoms with Gasteiger partial charge in [-0.2, -0.15) is 0 Å². The van der Waals surface area contributed by atoms with Crippen molar-refractivity contribution >= 4 is 11.9 Å². The number of aliphatic carboxylic acids is 1. The third-order valence-electron chi connectivity index (χ3n) is 2.88. The fourth-order valence-corrected chi connectivity index (χ4v) is 1.55. The Bertz CT molecular complexity index is 340. The van der Waals surface area contributed by atoms with Crippen molar-refractivity contribution in [2.24, 2.45) is 5.73 Å². The van der Waals surface area contributed by atoms with Crippen molar-refractivity contribution in [3.63, 3.8) is 0 Å². The lowest BCUT2D eigenvalue weighted by molar-refractivity contribution is -0.140. The van der Waals surface area contributed by atoms with Gasteiger partial charge in [-0.15, -0.1) is 0 Å². The molecule has 10 heteroatoms. The number of amides is 1. The molecule has 0 saturated carbocycles. The fraction of sp³-hybridized carbons (Fsp3) is 0.818. The van der Waals surface area contributed by atoms with Crippen LogP contribution in [0.4, 0.5) is 0 Å². The highest BCUT2D eigenvalue weighted by Crippen LogP contribution is 2.05. The molecule has 0 radical (unpaired) electrons. The van der Waals surface area contributed by atoms with E-state index < -0.39 is 55.5 Å². The van der Waals surface area contributed by atoms with E-state index >= 15 is 0 Å². The summed E-state index contributed by atoms with van der Waals surface area (Å²) >= 11 is 0. The van der Waals surface area contributed by atoms with E-state index in [4.69, 9.17) is 21.1 Å². The molecule has 0 aliphatic heterocycles.